The van der Waals surface area contributed by atoms with E-state index in [0.29, 0.717) is 28.6 Å². The molecule has 226 valence electrons. The molecule has 8 rings (SSSR count). The van der Waals surface area contributed by atoms with Gasteiger partial charge in [-0.2, -0.15) is 0 Å². The summed E-state index contributed by atoms with van der Waals surface area (Å²) in [6.45, 7) is 4.17. The van der Waals surface area contributed by atoms with Gasteiger partial charge >= 0.3 is 0 Å². The Kier molecular flexibility index (Phi) is 6.91. The molecule has 0 fully saturated rings. The molecule has 0 aliphatic carbocycles. The topological polar surface area (TPSA) is 43.6 Å². The third-order valence-corrected chi connectivity index (χ3v) is 8.51. The number of halogens is 2. The molecular formula is C41H28F2N4. The number of aromatic nitrogens is 4. The smallest absolute Gasteiger partial charge is 0.166 e. The van der Waals surface area contributed by atoms with Gasteiger partial charge in [0.2, 0.25) is 0 Å². The van der Waals surface area contributed by atoms with Crippen molar-refractivity contribution in [2.75, 3.05) is 0 Å². The Balaban J connectivity index is 1.48. The minimum atomic E-state index is -0.642. The first kappa shape index (κ1) is 28.5. The maximum atomic E-state index is 15.2. The quantitative estimate of drug-likeness (QED) is 0.194. The molecule has 0 atom stereocenters. The van der Waals surface area contributed by atoms with E-state index < -0.39 is 11.6 Å². The maximum Gasteiger partial charge on any atom is 0.166 e. The van der Waals surface area contributed by atoms with Gasteiger partial charge < -0.3 is 4.57 Å². The van der Waals surface area contributed by atoms with E-state index in [1.54, 1.807) is 12.1 Å². The van der Waals surface area contributed by atoms with E-state index in [2.05, 4.69) is 54.8 Å². The fourth-order valence-corrected chi connectivity index (χ4v) is 6.28. The van der Waals surface area contributed by atoms with Crippen LogP contribution in [0.4, 0.5) is 8.78 Å². The van der Waals surface area contributed by atoms with Gasteiger partial charge in [0.15, 0.2) is 17.5 Å². The first-order valence-corrected chi connectivity index (χ1v) is 15.4. The molecule has 0 saturated carbocycles. The molecule has 2 heterocycles. The van der Waals surface area contributed by atoms with Crippen molar-refractivity contribution in [3.8, 4) is 51.0 Å². The summed E-state index contributed by atoms with van der Waals surface area (Å²) in [7, 11) is 0. The van der Waals surface area contributed by atoms with E-state index in [4.69, 9.17) is 15.0 Å². The van der Waals surface area contributed by atoms with Crippen molar-refractivity contribution in [2.45, 2.75) is 13.8 Å². The summed E-state index contributed by atoms with van der Waals surface area (Å²) >= 11 is 0. The Morgan fingerprint density at radius 1 is 0.468 bits per heavy atom. The van der Waals surface area contributed by atoms with Gasteiger partial charge in [-0.25, -0.2) is 23.7 Å². The normalized spacial score (nSPS) is 11.4. The molecule has 0 unspecified atom stereocenters. The molecule has 0 amide bonds. The number of rotatable bonds is 5. The van der Waals surface area contributed by atoms with Gasteiger partial charge in [0.25, 0.3) is 0 Å². The van der Waals surface area contributed by atoms with Crippen LogP contribution in [0.1, 0.15) is 11.1 Å². The zero-order valence-corrected chi connectivity index (χ0v) is 25.7. The monoisotopic (exact) mass is 614 g/mol. The van der Waals surface area contributed by atoms with Gasteiger partial charge in [-0.05, 0) is 67.9 Å². The molecule has 0 radical (unpaired) electrons. The highest BCUT2D eigenvalue weighted by molar-refractivity contribution is 6.10. The second-order valence-corrected chi connectivity index (χ2v) is 11.7. The van der Waals surface area contributed by atoms with Gasteiger partial charge in [-0.3, -0.25) is 0 Å². The molecule has 47 heavy (non-hydrogen) atoms. The second-order valence-electron chi connectivity index (χ2n) is 11.7. The van der Waals surface area contributed by atoms with E-state index in [-0.39, 0.29) is 5.56 Å². The van der Waals surface area contributed by atoms with Gasteiger partial charge in [-0.1, -0.05) is 96.1 Å². The second kappa shape index (κ2) is 11.4. The lowest BCUT2D eigenvalue weighted by atomic mass is 9.99. The number of hydrogen-bond acceptors (Lipinski definition) is 3. The highest BCUT2D eigenvalue weighted by Crippen LogP contribution is 2.39. The summed E-state index contributed by atoms with van der Waals surface area (Å²) in [5.74, 6) is 0.0995. The van der Waals surface area contributed by atoms with Crippen LogP contribution in [0.3, 0.4) is 0 Å². The predicted molar refractivity (Wildman–Crippen MR) is 185 cm³/mol. The third kappa shape index (κ3) is 5.04. The molecule has 6 heteroatoms. The molecule has 6 aromatic carbocycles. The van der Waals surface area contributed by atoms with Crippen LogP contribution in [0.5, 0.6) is 0 Å². The Hall–Kier alpha value is -6.01. The highest BCUT2D eigenvalue weighted by atomic mass is 19.1. The van der Waals surface area contributed by atoms with Crippen LogP contribution in [0, 0.1) is 25.5 Å². The average molecular weight is 615 g/mol. The first-order chi connectivity index (χ1) is 22.9. The summed E-state index contributed by atoms with van der Waals surface area (Å²) in [4.78, 5) is 14.9. The highest BCUT2D eigenvalue weighted by Gasteiger charge is 2.22. The zero-order valence-electron chi connectivity index (χ0n) is 25.7. The predicted octanol–water partition coefficient (Wildman–Crippen LogP) is 10.5. The number of fused-ring (bicyclic) bond motifs is 3. The van der Waals surface area contributed by atoms with E-state index in [1.807, 2.05) is 66.7 Å². The van der Waals surface area contributed by atoms with Crippen molar-refractivity contribution in [3.63, 3.8) is 0 Å². The standard InChI is InChI=1S/C41H28F2N4/c1-25-16-19-35-30(22-25)31-23-26(2)17-20-36(31)47(35)37-21-18-29(38-33(42)14-9-15-34(38)43)24-32(37)41-45-39(27-10-5-3-6-11-27)44-40(46-41)28-12-7-4-8-13-28/h3-24H,1-2H3. The third-order valence-electron chi connectivity index (χ3n) is 8.51. The van der Waals surface area contributed by atoms with Gasteiger partial charge in [-0.15, -0.1) is 0 Å². The van der Waals surface area contributed by atoms with E-state index in [0.717, 1.165) is 49.7 Å². The molecule has 0 aliphatic rings. The molecule has 8 aromatic rings. The van der Waals surface area contributed by atoms with Crippen LogP contribution in [-0.2, 0) is 0 Å². The lowest BCUT2D eigenvalue weighted by molar-refractivity contribution is 0.589. The first-order valence-electron chi connectivity index (χ1n) is 15.4. The van der Waals surface area contributed by atoms with Crippen LogP contribution < -0.4 is 0 Å². The number of hydrogen-bond donors (Lipinski definition) is 0. The molecule has 2 aromatic heterocycles. The fraction of sp³-hybridized carbons (Fsp3) is 0.0488. The molecule has 0 N–H and O–H groups in total. The Morgan fingerprint density at radius 2 is 0.979 bits per heavy atom. The van der Waals surface area contributed by atoms with Gasteiger partial charge in [0, 0.05) is 27.5 Å². The fourth-order valence-electron chi connectivity index (χ4n) is 6.28. The van der Waals surface area contributed by atoms with E-state index >= 15 is 8.78 Å². The average Bonchev–Trinajstić information content (AvgIpc) is 3.41. The summed E-state index contributed by atoms with van der Waals surface area (Å²) in [5.41, 5.74) is 7.64. The summed E-state index contributed by atoms with van der Waals surface area (Å²) < 4.78 is 32.6. The van der Waals surface area contributed by atoms with Gasteiger partial charge in [0.1, 0.15) is 11.6 Å². The van der Waals surface area contributed by atoms with Crippen molar-refractivity contribution >= 4 is 21.8 Å². The molecule has 0 bridgehead atoms. The largest absolute Gasteiger partial charge is 0.309 e. The Bertz CT molecular complexity index is 2310. The van der Waals surface area contributed by atoms with Crippen LogP contribution in [0.15, 0.2) is 133 Å². The Morgan fingerprint density at radius 3 is 1.51 bits per heavy atom. The summed E-state index contributed by atoms with van der Waals surface area (Å²) in [6, 6.07) is 41.7. The number of nitrogens with zero attached hydrogens (tertiary/aromatic N) is 4. The van der Waals surface area contributed by atoms with Crippen molar-refractivity contribution in [3.05, 3.63) is 156 Å². The van der Waals surface area contributed by atoms with Crippen molar-refractivity contribution < 1.29 is 8.78 Å². The van der Waals surface area contributed by atoms with E-state index in [1.165, 1.54) is 18.2 Å². The minimum absolute atomic E-state index is 0.102. The van der Waals surface area contributed by atoms with Crippen molar-refractivity contribution in [1.29, 1.82) is 0 Å². The molecule has 4 nitrogen and oxygen atoms in total. The molecule has 0 spiro atoms. The minimum Gasteiger partial charge on any atom is -0.309 e. The number of aryl methyl sites for hydroxylation is 2. The SMILES string of the molecule is Cc1ccc2c(c1)c1cc(C)ccc1n2-c1ccc(-c2c(F)cccc2F)cc1-c1nc(-c2ccccc2)nc(-c2ccccc2)n1. The van der Waals surface area contributed by atoms with Crippen LogP contribution in [0.25, 0.3) is 72.8 Å². The van der Waals surface area contributed by atoms with Crippen molar-refractivity contribution in [1.82, 2.24) is 19.5 Å². The van der Waals surface area contributed by atoms with Crippen LogP contribution in [-0.4, -0.2) is 19.5 Å². The van der Waals surface area contributed by atoms with Crippen molar-refractivity contribution in [2.24, 2.45) is 0 Å². The summed E-state index contributed by atoms with van der Waals surface area (Å²) in [5, 5.41) is 2.23. The maximum absolute atomic E-state index is 15.2. The Labute approximate surface area is 270 Å². The van der Waals surface area contributed by atoms with Crippen LogP contribution in [0.2, 0.25) is 0 Å². The summed E-state index contributed by atoms with van der Waals surface area (Å²) in [6.07, 6.45) is 0. The van der Waals surface area contributed by atoms with E-state index in [9.17, 15) is 0 Å². The lowest BCUT2D eigenvalue weighted by Gasteiger charge is -2.17. The molecule has 0 saturated heterocycles. The molecule has 0 aliphatic heterocycles. The van der Waals surface area contributed by atoms with Gasteiger partial charge in [0.05, 0.1) is 22.3 Å². The van der Waals surface area contributed by atoms with Crippen LogP contribution >= 0.6 is 0 Å². The lowest BCUT2D eigenvalue weighted by Crippen LogP contribution is -2.04. The number of benzene rings is 6. The zero-order chi connectivity index (χ0) is 32.1. The molecular weight excluding hydrogens is 586 g/mol.